The lowest BCUT2D eigenvalue weighted by Gasteiger charge is -2.28. The van der Waals surface area contributed by atoms with E-state index in [1.54, 1.807) is 24.3 Å². The SMILES string of the molecule is CCN(CC)C(COC(=O)Nc1ccccc1)COC(=O)Nc1ccccc1. The molecule has 0 fully saturated rings. The summed E-state index contributed by atoms with van der Waals surface area (Å²) in [5.41, 5.74) is 1.32. The van der Waals surface area contributed by atoms with Crippen molar-refractivity contribution in [3.05, 3.63) is 60.7 Å². The molecule has 2 N–H and O–H groups in total. The van der Waals surface area contributed by atoms with Crippen LogP contribution in [0.2, 0.25) is 0 Å². The van der Waals surface area contributed by atoms with Crippen LogP contribution in [0.1, 0.15) is 13.8 Å². The fourth-order valence-corrected chi connectivity index (χ4v) is 2.69. The summed E-state index contributed by atoms with van der Waals surface area (Å²) in [5, 5.41) is 5.34. The monoisotopic (exact) mass is 385 g/mol. The van der Waals surface area contributed by atoms with Gasteiger partial charge < -0.3 is 9.47 Å². The number of carbonyl (C=O) groups is 2. The number of ether oxygens (including phenoxy) is 2. The highest BCUT2D eigenvalue weighted by Gasteiger charge is 2.20. The number of para-hydroxylation sites is 2. The fourth-order valence-electron chi connectivity index (χ4n) is 2.69. The van der Waals surface area contributed by atoms with Crippen LogP contribution >= 0.6 is 0 Å². The molecule has 0 bridgehead atoms. The van der Waals surface area contributed by atoms with Gasteiger partial charge in [0.05, 0.1) is 6.04 Å². The van der Waals surface area contributed by atoms with Gasteiger partial charge in [0.1, 0.15) is 13.2 Å². The van der Waals surface area contributed by atoms with Gasteiger partial charge in [-0.25, -0.2) is 9.59 Å². The van der Waals surface area contributed by atoms with Crippen molar-refractivity contribution in [2.75, 3.05) is 36.9 Å². The summed E-state index contributed by atoms with van der Waals surface area (Å²) >= 11 is 0. The molecule has 2 rings (SSSR count). The number of likely N-dealkylation sites (N-methyl/N-ethyl adjacent to an activating group) is 1. The molecule has 150 valence electrons. The third-order valence-corrected chi connectivity index (χ3v) is 4.18. The van der Waals surface area contributed by atoms with Crippen LogP contribution in [0.4, 0.5) is 21.0 Å². The van der Waals surface area contributed by atoms with Crippen LogP contribution in [0, 0.1) is 0 Å². The van der Waals surface area contributed by atoms with E-state index in [9.17, 15) is 9.59 Å². The Balaban J connectivity index is 1.85. The molecule has 0 radical (unpaired) electrons. The second kappa shape index (κ2) is 11.6. The molecule has 2 aromatic rings. The largest absolute Gasteiger partial charge is 0.448 e. The Kier molecular flexibility index (Phi) is 8.81. The molecule has 0 atom stereocenters. The second-order valence-electron chi connectivity index (χ2n) is 6.05. The molecule has 7 heteroatoms. The van der Waals surface area contributed by atoms with E-state index in [4.69, 9.17) is 9.47 Å². The number of hydrogen-bond acceptors (Lipinski definition) is 5. The van der Waals surface area contributed by atoms with Crippen LogP contribution in [0.15, 0.2) is 60.7 Å². The Morgan fingerprint density at radius 1 is 0.786 bits per heavy atom. The van der Waals surface area contributed by atoms with E-state index in [-0.39, 0.29) is 19.3 Å². The number of nitrogens with zero attached hydrogens (tertiary/aromatic N) is 1. The summed E-state index contributed by atoms with van der Waals surface area (Å²) in [4.78, 5) is 26.1. The second-order valence-corrected chi connectivity index (χ2v) is 6.05. The van der Waals surface area contributed by atoms with Gasteiger partial charge in [0.25, 0.3) is 0 Å². The molecule has 0 spiro atoms. The standard InChI is InChI=1S/C21H27N3O4/c1-3-24(4-2)19(15-27-20(25)22-17-11-7-5-8-12-17)16-28-21(26)23-18-13-9-6-10-14-18/h5-14,19H,3-4,15-16H2,1-2H3,(H,22,25)(H,23,26). The number of benzene rings is 2. The first-order valence-corrected chi connectivity index (χ1v) is 9.34. The molecule has 0 aliphatic carbocycles. The highest BCUT2D eigenvalue weighted by Crippen LogP contribution is 2.08. The van der Waals surface area contributed by atoms with Gasteiger partial charge in [0.15, 0.2) is 0 Å². The molecule has 0 aromatic heterocycles. The van der Waals surface area contributed by atoms with Gasteiger partial charge >= 0.3 is 12.2 Å². The van der Waals surface area contributed by atoms with E-state index >= 15 is 0 Å². The van der Waals surface area contributed by atoms with Gasteiger partial charge in [-0.3, -0.25) is 15.5 Å². The third kappa shape index (κ3) is 7.28. The van der Waals surface area contributed by atoms with E-state index < -0.39 is 12.2 Å². The van der Waals surface area contributed by atoms with Gasteiger partial charge in [-0.1, -0.05) is 50.2 Å². The van der Waals surface area contributed by atoms with E-state index in [0.29, 0.717) is 11.4 Å². The van der Waals surface area contributed by atoms with Crippen molar-refractivity contribution in [2.24, 2.45) is 0 Å². The van der Waals surface area contributed by atoms with Crippen molar-refractivity contribution in [1.29, 1.82) is 0 Å². The molecule has 0 heterocycles. The molecule has 0 unspecified atom stereocenters. The molecular formula is C21H27N3O4. The van der Waals surface area contributed by atoms with Crippen molar-refractivity contribution >= 4 is 23.6 Å². The molecule has 2 amide bonds. The summed E-state index contributed by atoms with van der Waals surface area (Å²) in [6, 6.07) is 17.9. The molecule has 0 aliphatic rings. The number of amides is 2. The normalized spacial score (nSPS) is 10.6. The number of anilines is 2. The van der Waals surface area contributed by atoms with Crippen molar-refractivity contribution in [2.45, 2.75) is 19.9 Å². The van der Waals surface area contributed by atoms with Crippen LogP contribution in [0.3, 0.4) is 0 Å². The molecule has 7 nitrogen and oxygen atoms in total. The van der Waals surface area contributed by atoms with Gasteiger partial charge in [-0.15, -0.1) is 0 Å². The van der Waals surface area contributed by atoms with Gasteiger partial charge in [-0.05, 0) is 37.4 Å². The minimum absolute atomic E-state index is 0.110. The molecule has 0 aliphatic heterocycles. The maximum absolute atomic E-state index is 12.0. The minimum Gasteiger partial charge on any atom is -0.448 e. The van der Waals surface area contributed by atoms with Gasteiger partial charge in [0.2, 0.25) is 0 Å². The first-order chi connectivity index (χ1) is 13.6. The molecular weight excluding hydrogens is 358 g/mol. The van der Waals surface area contributed by atoms with Crippen molar-refractivity contribution in [1.82, 2.24) is 4.90 Å². The molecule has 0 saturated carbocycles. The van der Waals surface area contributed by atoms with E-state index in [1.807, 2.05) is 50.2 Å². The molecule has 2 aromatic carbocycles. The van der Waals surface area contributed by atoms with E-state index in [1.165, 1.54) is 0 Å². The smallest absolute Gasteiger partial charge is 0.411 e. The maximum Gasteiger partial charge on any atom is 0.411 e. The summed E-state index contributed by atoms with van der Waals surface area (Å²) in [6.07, 6.45) is -1.09. The summed E-state index contributed by atoms with van der Waals surface area (Å²) < 4.78 is 10.7. The summed E-state index contributed by atoms with van der Waals surface area (Å²) in [5.74, 6) is 0. The van der Waals surface area contributed by atoms with Crippen molar-refractivity contribution in [3.8, 4) is 0 Å². The Labute approximate surface area is 165 Å². The number of carbonyl (C=O) groups excluding carboxylic acids is 2. The topological polar surface area (TPSA) is 79.9 Å². The Morgan fingerprint density at radius 2 is 1.18 bits per heavy atom. The zero-order valence-electron chi connectivity index (χ0n) is 16.3. The van der Waals surface area contributed by atoms with Crippen LogP contribution < -0.4 is 10.6 Å². The first-order valence-electron chi connectivity index (χ1n) is 9.34. The Morgan fingerprint density at radius 3 is 1.54 bits per heavy atom. The minimum atomic E-state index is -0.544. The highest BCUT2D eigenvalue weighted by atomic mass is 16.6. The van der Waals surface area contributed by atoms with E-state index in [0.717, 1.165) is 13.1 Å². The van der Waals surface area contributed by atoms with E-state index in [2.05, 4.69) is 15.5 Å². The molecule has 28 heavy (non-hydrogen) atoms. The zero-order valence-corrected chi connectivity index (χ0v) is 16.3. The Bertz CT molecular complexity index is 663. The van der Waals surface area contributed by atoms with Crippen molar-refractivity contribution < 1.29 is 19.1 Å². The number of hydrogen-bond donors (Lipinski definition) is 2. The molecule has 0 saturated heterocycles. The van der Waals surface area contributed by atoms with Gasteiger partial charge in [0, 0.05) is 11.4 Å². The third-order valence-electron chi connectivity index (χ3n) is 4.18. The lowest BCUT2D eigenvalue weighted by molar-refractivity contribution is 0.0583. The Hall–Kier alpha value is -3.06. The maximum atomic E-state index is 12.0. The van der Waals surface area contributed by atoms with Crippen LogP contribution in [0.5, 0.6) is 0 Å². The zero-order chi connectivity index (χ0) is 20.2. The number of rotatable bonds is 9. The summed E-state index contributed by atoms with van der Waals surface area (Å²) in [6.45, 7) is 5.72. The quantitative estimate of drug-likeness (QED) is 0.676. The lowest BCUT2D eigenvalue weighted by Crippen LogP contribution is -2.43. The van der Waals surface area contributed by atoms with Crippen LogP contribution in [0.25, 0.3) is 0 Å². The predicted octanol–water partition coefficient (Wildman–Crippen LogP) is 4.19. The highest BCUT2D eigenvalue weighted by molar-refractivity contribution is 5.85. The lowest BCUT2D eigenvalue weighted by atomic mass is 10.2. The van der Waals surface area contributed by atoms with Gasteiger partial charge in [-0.2, -0.15) is 0 Å². The first kappa shape index (κ1) is 21.2. The fraction of sp³-hybridized carbons (Fsp3) is 0.333. The van der Waals surface area contributed by atoms with Crippen LogP contribution in [-0.2, 0) is 9.47 Å². The summed E-state index contributed by atoms with van der Waals surface area (Å²) in [7, 11) is 0. The van der Waals surface area contributed by atoms with Crippen LogP contribution in [-0.4, -0.2) is 49.4 Å². The number of nitrogens with one attached hydrogen (secondary N) is 2. The average Bonchev–Trinajstić information content (AvgIpc) is 2.71. The van der Waals surface area contributed by atoms with Crippen molar-refractivity contribution in [3.63, 3.8) is 0 Å². The average molecular weight is 385 g/mol. The predicted molar refractivity (Wildman–Crippen MR) is 110 cm³/mol.